The van der Waals surface area contributed by atoms with Gasteiger partial charge in [0.2, 0.25) is 0 Å². The van der Waals surface area contributed by atoms with Crippen LogP contribution in [0.2, 0.25) is 0 Å². The Kier molecular flexibility index (Phi) is 4.71. The fourth-order valence-electron chi connectivity index (χ4n) is 1.27. The summed E-state index contributed by atoms with van der Waals surface area (Å²) >= 11 is 0. The van der Waals surface area contributed by atoms with Crippen LogP contribution in [0.15, 0.2) is 18.2 Å². The molecule has 17 heavy (non-hydrogen) atoms. The zero-order valence-electron chi connectivity index (χ0n) is 9.84. The Morgan fingerprint density at radius 1 is 1.53 bits per heavy atom. The number of ether oxygens (including phenoxy) is 1. The SMILES string of the molecule is COc1cc(NCC(C)CO)cc([N+](=O)[O-])c1. The van der Waals surface area contributed by atoms with Gasteiger partial charge in [-0.25, -0.2) is 0 Å². The molecule has 0 aromatic heterocycles. The average Bonchev–Trinajstić information content (AvgIpc) is 2.35. The molecule has 1 atom stereocenters. The maximum Gasteiger partial charge on any atom is 0.275 e. The first-order chi connectivity index (χ1) is 8.06. The molecular weight excluding hydrogens is 224 g/mol. The van der Waals surface area contributed by atoms with Crippen molar-refractivity contribution in [3.05, 3.63) is 28.3 Å². The zero-order valence-corrected chi connectivity index (χ0v) is 9.84. The maximum atomic E-state index is 10.7. The molecule has 0 saturated carbocycles. The number of methoxy groups -OCH3 is 1. The smallest absolute Gasteiger partial charge is 0.275 e. The molecule has 0 aliphatic carbocycles. The van der Waals surface area contributed by atoms with E-state index in [4.69, 9.17) is 9.84 Å². The molecule has 1 rings (SSSR count). The van der Waals surface area contributed by atoms with Crippen LogP contribution in [0, 0.1) is 16.0 Å². The maximum absolute atomic E-state index is 10.7. The van der Waals surface area contributed by atoms with Crippen molar-refractivity contribution in [2.75, 3.05) is 25.6 Å². The van der Waals surface area contributed by atoms with Gasteiger partial charge in [-0.1, -0.05) is 6.92 Å². The highest BCUT2D eigenvalue weighted by Gasteiger charge is 2.10. The van der Waals surface area contributed by atoms with Crippen molar-refractivity contribution in [1.29, 1.82) is 0 Å². The van der Waals surface area contributed by atoms with E-state index in [0.717, 1.165) is 0 Å². The highest BCUT2D eigenvalue weighted by Crippen LogP contribution is 2.25. The van der Waals surface area contributed by atoms with Crippen molar-refractivity contribution in [3.8, 4) is 5.75 Å². The highest BCUT2D eigenvalue weighted by molar-refractivity contribution is 5.56. The Hall–Kier alpha value is -1.82. The fourth-order valence-corrected chi connectivity index (χ4v) is 1.27. The van der Waals surface area contributed by atoms with E-state index in [1.807, 2.05) is 6.92 Å². The van der Waals surface area contributed by atoms with E-state index in [2.05, 4.69) is 5.32 Å². The van der Waals surface area contributed by atoms with Crippen LogP contribution in [0.5, 0.6) is 5.75 Å². The number of aliphatic hydroxyl groups is 1. The van der Waals surface area contributed by atoms with E-state index >= 15 is 0 Å². The first-order valence-corrected chi connectivity index (χ1v) is 5.25. The lowest BCUT2D eigenvalue weighted by Crippen LogP contribution is -2.14. The summed E-state index contributed by atoms with van der Waals surface area (Å²) in [7, 11) is 1.46. The van der Waals surface area contributed by atoms with Gasteiger partial charge in [0.15, 0.2) is 0 Å². The van der Waals surface area contributed by atoms with Crippen molar-refractivity contribution in [2.45, 2.75) is 6.92 Å². The number of nitrogens with one attached hydrogen (secondary N) is 1. The number of nitro benzene ring substituents is 1. The van der Waals surface area contributed by atoms with Crippen LogP contribution in [0.1, 0.15) is 6.92 Å². The van der Waals surface area contributed by atoms with Gasteiger partial charge < -0.3 is 15.2 Å². The second-order valence-corrected chi connectivity index (χ2v) is 3.85. The molecule has 94 valence electrons. The van der Waals surface area contributed by atoms with Crippen LogP contribution in [-0.2, 0) is 0 Å². The number of rotatable bonds is 6. The Morgan fingerprint density at radius 3 is 2.76 bits per heavy atom. The van der Waals surface area contributed by atoms with Crippen LogP contribution in [-0.4, -0.2) is 30.3 Å². The van der Waals surface area contributed by atoms with Crippen LogP contribution in [0.25, 0.3) is 0 Å². The van der Waals surface area contributed by atoms with Crippen molar-refractivity contribution in [3.63, 3.8) is 0 Å². The number of aliphatic hydroxyl groups excluding tert-OH is 1. The Balaban J connectivity index is 2.83. The first kappa shape index (κ1) is 13.2. The quantitative estimate of drug-likeness (QED) is 0.583. The van der Waals surface area contributed by atoms with Gasteiger partial charge in [-0.3, -0.25) is 10.1 Å². The molecule has 0 aliphatic heterocycles. The molecule has 1 aromatic rings. The molecule has 0 bridgehead atoms. The molecule has 6 heteroatoms. The summed E-state index contributed by atoms with van der Waals surface area (Å²) < 4.78 is 4.98. The molecule has 0 amide bonds. The predicted molar refractivity (Wildman–Crippen MR) is 64.4 cm³/mol. The van der Waals surface area contributed by atoms with E-state index in [1.165, 1.54) is 19.2 Å². The third kappa shape index (κ3) is 3.92. The summed E-state index contributed by atoms with van der Waals surface area (Å²) in [6.07, 6.45) is 0. The monoisotopic (exact) mass is 240 g/mol. The van der Waals surface area contributed by atoms with Crippen LogP contribution in [0.3, 0.4) is 0 Å². The summed E-state index contributed by atoms with van der Waals surface area (Å²) in [4.78, 5) is 10.2. The summed E-state index contributed by atoms with van der Waals surface area (Å²) in [6, 6.07) is 4.48. The Bertz CT molecular complexity index is 395. The molecule has 0 radical (unpaired) electrons. The lowest BCUT2D eigenvalue weighted by atomic mass is 10.2. The molecule has 0 heterocycles. The molecule has 2 N–H and O–H groups in total. The molecule has 0 saturated heterocycles. The summed E-state index contributed by atoms with van der Waals surface area (Å²) in [5.41, 5.74) is 0.583. The number of nitrogens with zero attached hydrogens (tertiary/aromatic N) is 1. The lowest BCUT2D eigenvalue weighted by molar-refractivity contribution is -0.384. The van der Waals surface area contributed by atoms with Gasteiger partial charge in [0, 0.05) is 31.0 Å². The second kappa shape index (κ2) is 6.05. The largest absolute Gasteiger partial charge is 0.496 e. The van der Waals surface area contributed by atoms with Gasteiger partial charge in [0.25, 0.3) is 5.69 Å². The molecule has 0 fully saturated rings. The Morgan fingerprint density at radius 2 is 2.24 bits per heavy atom. The van der Waals surface area contributed by atoms with Gasteiger partial charge in [-0.15, -0.1) is 0 Å². The number of hydrogen-bond acceptors (Lipinski definition) is 5. The minimum absolute atomic E-state index is 0.0245. The predicted octanol–water partition coefficient (Wildman–Crippen LogP) is 1.64. The van der Waals surface area contributed by atoms with Gasteiger partial charge in [-0.2, -0.15) is 0 Å². The number of benzene rings is 1. The third-order valence-corrected chi connectivity index (χ3v) is 2.30. The van der Waals surface area contributed by atoms with E-state index in [9.17, 15) is 10.1 Å². The number of anilines is 1. The summed E-state index contributed by atoms with van der Waals surface area (Å²) in [6.45, 7) is 2.49. The van der Waals surface area contributed by atoms with Crippen molar-refractivity contribution < 1.29 is 14.8 Å². The molecule has 1 aromatic carbocycles. The second-order valence-electron chi connectivity index (χ2n) is 3.85. The van der Waals surface area contributed by atoms with Crippen molar-refractivity contribution in [2.24, 2.45) is 5.92 Å². The minimum atomic E-state index is -0.469. The third-order valence-electron chi connectivity index (χ3n) is 2.30. The van der Waals surface area contributed by atoms with Crippen LogP contribution < -0.4 is 10.1 Å². The van der Waals surface area contributed by atoms with Crippen LogP contribution in [0.4, 0.5) is 11.4 Å². The minimum Gasteiger partial charge on any atom is -0.496 e. The van der Waals surface area contributed by atoms with E-state index in [1.54, 1.807) is 6.07 Å². The number of hydrogen-bond donors (Lipinski definition) is 2. The summed E-state index contributed by atoms with van der Waals surface area (Å²) in [5.74, 6) is 0.513. The standard InChI is InChI=1S/C11H16N2O4/c1-8(7-14)6-12-9-3-10(13(15)16)5-11(4-9)17-2/h3-5,8,12,14H,6-7H2,1-2H3. The van der Waals surface area contributed by atoms with E-state index < -0.39 is 4.92 Å². The average molecular weight is 240 g/mol. The zero-order chi connectivity index (χ0) is 12.8. The van der Waals surface area contributed by atoms with Gasteiger partial charge in [0.1, 0.15) is 5.75 Å². The molecular formula is C11H16N2O4. The molecule has 0 spiro atoms. The number of nitro groups is 1. The highest BCUT2D eigenvalue weighted by atomic mass is 16.6. The fraction of sp³-hybridized carbons (Fsp3) is 0.455. The summed E-state index contributed by atoms with van der Waals surface area (Å²) in [5, 5.41) is 22.6. The lowest BCUT2D eigenvalue weighted by Gasteiger charge is -2.11. The van der Waals surface area contributed by atoms with Crippen LogP contribution >= 0.6 is 0 Å². The topological polar surface area (TPSA) is 84.6 Å². The van der Waals surface area contributed by atoms with E-state index in [-0.39, 0.29) is 18.2 Å². The normalized spacial score (nSPS) is 11.9. The molecule has 6 nitrogen and oxygen atoms in total. The van der Waals surface area contributed by atoms with Gasteiger partial charge in [0.05, 0.1) is 18.1 Å². The number of non-ortho nitro benzene ring substituents is 1. The van der Waals surface area contributed by atoms with Gasteiger partial charge in [-0.05, 0) is 5.92 Å². The van der Waals surface area contributed by atoms with Crippen molar-refractivity contribution >= 4 is 11.4 Å². The van der Waals surface area contributed by atoms with Gasteiger partial charge >= 0.3 is 0 Å². The Labute approximate surface area is 99.4 Å². The van der Waals surface area contributed by atoms with Crippen molar-refractivity contribution in [1.82, 2.24) is 0 Å². The first-order valence-electron chi connectivity index (χ1n) is 5.25. The molecule has 1 unspecified atom stereocenters. The molecule has 0 aliphatic rings. The van der Waals surface area contributed by atoms with E-state index in [0.29, 0.717) is 18.0 Å².